The normalized spacial score (nSPS) is 13.0. The van der Waals surface area contributed by atoms with Crippen LogP contribution in [0.4, 0.5) is 17.1 Å². The minimum Gasteiger partial charge on any atom is -0.453 e. The monoisotopic (exact) mass is 359 g/mol. The van der Waals surface area contributed by atoms with E-state index < -0.39 is 0 Å². The lowest BCUT2D eigenvalue weighted by Gasteiger charge is -2.35. The number of anilines is 3. The molecule has 2 aromatic heterocycles. The maximum Gasteiger partial charge on any atom is 0.154 e. The molecule has 138 valence electrons. The summed E-state index contributed by atoms with van der Waals surface area (Å²) in [7, 11) is 0. The fourth-order valence-electron chi connectivity index (χ4n) is 3.64. The number of nitrogens with zero attached hydrogens (tertiary/aromatic N) is 3. The van der Waals surface area contributed by atoms with E-state index >= 15 is 0 Å². The van der Waals surface area contributed by atoms with Crippen LogP contribution in [0.2, 0.25) is 0 Å². The highest BCUT2D eigenvalue weighted by atomic mass is 16.5. The van der Waals surface area contributed by atoms with Crippen molar-refractivity contribution < 1.29 is 4.74 Å². The van der Waals surface area contributed by atoms with Gasteiger partial charge in [-0.05, 0) is 42.9 Å². The van der Waals surface area contributed by atoms with Gasteiger partial charge in [-0.25, -0.2) is 0 Å². The van der Waals surface area contributed by atoms with Gasteiger partial charge in [-0.2, -0.15) is 0 Å². The minimum absolute atomic E-state index is 0.106. The minimum atomic E-state index is 0.106. The Kier molecular flexibility index (Phi) is 3.95. The highest BCUT2D eigenvalue weighted by molar-refractivity contribution is 5.87. The predicted molar refractivity (Wildman–Crippen MR) is 110 cm³/mol. The van der Waals surface area contributed by atoms with Crippen LogP contribution in [0.1, 0.15) is 43.2 Å². The number of benzene rings is 1. The third kappa shape index (κ3) is 2.95. The van der Waals surface area contributed by atoms with Crippen molar-refractivity contribution >= 4 is 17.1 Å². The van der Waals surface area contributed by atoms with Gasteiger partial charge in [0.1, 0.15) is 11.4 Å². The number of aromatic nitrogens is 2. The summed E-state index contributed by atoms with van der Waals surface area (Å²) < 4.78 is 6.15. The molecule has 0 aliphatic carbocycles. The van der Waals surface area contributed by atoms with Gasteiger partial charge in [0.05, 0.1) is 18.1 Å². The summed E-state index contributed by atoms with van der Waals surface area (Å²) in [6, 6.07) is 8.47. The molecule has 1 aliphatic heterocycles. The summed E-state index contributed by atoms with van der Waals surface area (Å²) in [5, 5.41) is 0. The molecule has 4 rings (SSSR count). The Bertz CT molecular complexity index is 1010. The summed E-state index contributed by atoms with van der Waals surface area (Å²) in [5.41, 5.74) is 7.86. The van der Waals surface area contributed by atoms with Gasteiger partial charge >= 0.3 is 0 Å². The third-order valence-electron chi connectivity index (χ3n) is 5.03. The summed E-state index contributed by atoms with van der Waals surface area (Å²) in [5.74, 6) is 1.63. The fraction of sp³-hybridized carbons (Fsp3) is 0.304. The number of fused-ring (bicyclic) bond motifs is 2. The molecule has 1 aromatic carbocycles. The molecule has 27 heavy (non-hydrogen) atoms. The van der Waals surface area contributed by atoms with E-state index in [0.717, 1.165) is 34.3 Å². The van der Waals surface area contributed by atoms with Gasteiger partial charge in [0.25, 0.3) is 0 Å². The largest absolute Gasteiger partial charge is 0.453 e. The van der Waals surface area contributed by atoms with Crippen molar-refractivity contribution in [2.24, 2.45) is 0 Å². The average molecular weight is 359 g/mol. The van der Waals surface area contributed by atoms with Crippen molar-refractivity contribution in [2.45, 2.75) is 47.0 Å². The molecule has 3 aromatic rings. The lowest BCUT2D eigenvalue weighted by molar-refractivity contribution is 0.474. The van der Waals surface area contributed by atoms with Crippen LogP contribution >= 0.6 is 0 Å². The summed E-state index contributed by atoms with van der Waals surface area (Å²) in [4.78, 5) is 11.1. The zero-order valence-electron chi connectivity index (χ0n) is 16.8. The van der Waals surface area contributed by atoms with E-state index in [0.29, 0.717) is 0 Å². The molecule has 1 aliphatic rings. The van der Waals surface area contributed by atoms with Gasteiger partial charge in [0.15, 0.2) is 11.5 Å². The lowest BCUT2D eigenvalue weighted by Crippen LogP contribution is -2.20. The van der Waals surface area contributed by atoms with Crippen molar-refractivity contribution in [3.8, 4) is 11.5 Å². The zero-order valence-corrected chi connectivity index (χ0v) is 16.8. The van der Waals surface area contributed by atoms with Gasteiger partial charge < -0.3 is 9.64 Å². The Labute approximate surface area is 160 Å². The molecular formula is C23H25N3O. The van der Waals surface area contributed by atoms with Crippen molar-refractivity contribution in [1.29, 1.82) is 0 Å². The van der Waals surface area contributed by atoms with E-state index in [4.69, 9.17) is 4.74 Å². The molecular weight excluding hydrogens is 334 g/mol. The SMILES string of the molecule is Cc1cc2c(cn1)N(c1c(C)cc(C(C)(C)C)cc1C)c1cnccc1O2. The van der Waals surface area contributed by atoms with Gasteiger partial charge in [-0.15, -0.1) is 0 Å². The Morgan fingerprint density at radius 2 is 1.56 bits per heavy atom. The number of pyridine rings is 2. The first-order valence-electron chi connectivity index (χ1n) is 9.26. The average Bonchev–Trinajstić information content (AvgIpc) is 2.59. The molecule has 0 saturated heterocycles. The fourth-order valence-corrected chi connectivity index (χ4v) is 3.64. The van der Waals surface area contributed by atoms with Gasteiger partial charge in [0.2, 0.25) is 0 Å². The van der Waals surface area contributed by atoms with Crippen molar-refractivity contribution in [1.82, 2.24) is 9.97 Å². The molecule has 0 fully saturated rings. The molecule has 0 amide bonds. The van der Waals surface area contributed by atoms with E-state index in [1.54, 1.807) is 6.20 Å². The Balaban J connectivity index is 1.97. The third-order valence-corrected chi connectivity index (χ3v) is 5.03. The van der Waals surface area contributed by atoms with E-state index in [1.807, 2.05) is 31.5 Å². The van der Waals surface area contributed by atoms with Crippen LogP contribution in [0.3, 0.4) is 0 Å². The zero-order chi connectivity index (χ0) is 19.3. The first-order chi connectivity index (χ1) is 12.8. The van der Waals surface area contributed by atoms with E-state index in [2.05, 4.69) is 61.6 Å². The van der Waals surface area contributed by atoms with Crippen LogP contribution in [-0.2, 0) is 5.41 Å². The van der Waals surface area contributed by atoms with Crippen molar-refractivity contribution in [3.05, 3.63) is 65.2 Å². The first kappa shape index (κ1) is 17.5. The van der Waals surface area contributed by atoms with Crippen LogP contribution in [0.15, 0.2) is 42.9 Å². The standard InChI is InChI=1S/C23H25N3O/c1-14-9-17(23(4,5)6)10-15(2)22(14)26-18-12-24-8-7-20(18)27-21-11-16(3)25-13-19(21)26/h7-13H,1-6H3. The van der Waals surface area contributed by atoms with E-state index in [1.165, 1.54) is 16.7 Å². The quantitative estimate of drug-likeness (QED) is 0.401. The maximum atomic E-state index is 6.15. The second-order valence-electron chi connectivity index (χ2n) is 8.28. The van der Waals surface area contributed by atoms with Crippen LogP contribution < -0.4 is 9.64 Å². The highest BCUT2D eigenvalue weighted by Crippen LogP contribution is 2.51. The second kappa shape index (κ2) is 6.08. The number of hydrogen-bond donors (Lipinski definition) is 0. The number of rotatable bonds is 1. The molecule has 4 nitrogen and oxygen atoms in total. The van der Waals surface area contributed by atoms with Gasteiger partial charge in [-0.3, -0.25) is 9.97 Å². The molecule has 0 atom stereocenters. The van der Waals surface area contributed by atoms with Gasteiger partial charge in [-0.1, -0.05) is 32.9 Å². The first-order valence-corrected chi connectivity index (χ1v) is 9.26. The van der Waals surface area contributed by atoms with Crippen LogP contribution in [0.5, 0.6) is 11.5 Å². The number of ether oxygens (including phenoxy) is 1. The molecule has 0 N–H and O–H groups in total. The van der Waals surface area contributed by atoms with Crippen LogP contribution in [-0.4, -0.2) is 9.97 Å². The van der Waals surface area contributed by atoms with Crippen molar-refractivity contribution in [2.75, 3.05) is 4.90 Å². The summed E-state index contributed by atoms with van der Waals surface area (Å²) in [6.07, 6.45) is 5.50. The molecule has 0 unspecified atom stereocenters. The Morgan fingerprint density at radius 1 is 0.889 bits per heavy atom. The van der Waals surface area contributed by atoms with E-state index in [-0.39, 0.29) is 5.41 Å². The highest BCUT2D eigenvalue weighted by Gasteiger charge is 2.29. The molecule has 4 heteroatoms. The topological polar surface area (TPSA) is 38.2 Å². The predicted octanol–water partition coefficient (Wildman–Crippen LogP) is 6.27. The summed E-state index contributed by atoms with van der Waals surface area (Å²) in [6.45, 7) is 13.1. The van der Waals surface area contributed by atoms with E-state index in [9.17, 15) is 0 Å². The molecule has 0 spiro atoms. The Morgan fingerprint density at radius 3 is 2.22 bits per heavy atom. The lowest BCUT2D eigenvalue weighted by atomic mass is 9.84. The molecule has 0 radical (unpaired) electrons. The number of hydrogen-bond acceptors (Lipinski definition) is 4. The Hall–Kier alpha value is -2.88. The summed E-state index contributed by atoms with van der Waals surface area (Å²) >= 11 is 0. The molecule has 3 heterocycles. The molecule has 0 bridgehead atoms. The maximum absolute atomic E-state index is 6.15. The van der Waals surface area contributed by atoms with Crippen LogP contribution in [0, 0.1) is 20.8 Å². The molecule has 0 saturated carbocycles. The van der Waals surface area contributed by atoms with Crippen molar-refractivity contribution in [3.63, 3.8) is 0 Å². The second-order valence-corrected chi connectivity index (χ2v) is 8.28. The van der Waals surface area contributed by atoms with Crippen LogP contribution in [0.25, 0.3) is 0 Å². The number of aryl methyl sites for hydroxylation is 3. The van der Waals surface area contributed by atoms with Gasteiger partial charge in [0, 0.05) is 24.0 Å². The smallest absolute Gasteiger partial charge is 0.154 e.